The van der Waals surface area contributed by atoms with E-state index in [9.17, 15) is 9.59 Å². The SMILES string of the molecule is COC(=O)/C(=C/c1cc(C)c(N)c(C)c1)OC(=O)c1ccc(Cl)cc1. The lowest BCUT2D eigenvalue weighted by Crippen LogP contribution is -2.13. The molecule has 0 unspecified atom stereocenters. The van der Waals surface area contributed by atoms with Gasteiger partial charge in [-0.25, -0.2) is 9.59 Å². The number of aryl methyl sites for hydroxylation is 2. The Labute approximate surface area is 151 Å². The number of carbonyl (C=O) groups is 2. The number of nitrogen functional groups attached to an aromatic ring is 1. The number of ether oxygens (including phenoxy) is 2. The molecule has 5 nitrogen and oxygen atoms in total. The molecule has 2 rings (SSSR count). The van der Waals surface area contributed by atoms with Gasteiger partial charge in [0.05, 0.1) is 12.7 Å². The van der Waals surface area contributed by atoms with Crippen molar-refractivity contribution in [3.05, 3.63) is 69.4 Å². The van der Waals surface area contributed by atoms with E-state index in [0.29, 0.717) is 16.3 Å². The third-order valence-corrected chi connectivity index (χ3v) is 3.83. The van der Waals surface area contributed by atoms with Crippen LogP contribution in [0.3, 0.4) is 0 Å². The van der Waals surface area contributed by atoms with E-state index >= 15 is 0 Å². The van der Waals surface area contributed by atoms with Crippen molar-refractivity contribution in [3.8, 4) is 0 Å². The lowest BCUT2D eigenvalue weighted by Gasteiger charge is -2.09. The Morgan fingerprint density at radius 2 is 1.64 bits per heavy atom. The van der Waals surface area contributed by atoms with Crippen LogP contribution in [0.25, 0.3) is 6.08 Å². The second kappa shape index (κ2) is 7.85. The van der Waals surface area contributed by atoms with Crippen molar-refractivity contribution in [1.82, 2.24) is 0 Å². The van der Waals surface area contributed by atoms with Gasteiger partial charge in [0.25, 0.3) is 0 Å². The average molecular weight is 360 g/mol. The molecule has 0 aromatic heterocycles. The Hall–Kier alpha value is -2.79. The Kier molecular flexibility index (Phi) is 5.83. The predicted octanol–water partition coefficient (Wildman–Crippen LogP) is 3.91. The number of carbonyl (C=O) groups excluding carboxylic acids is 2. The topological polar surface area (TPSA) is 78.6 Å². The third kappa shape index (κ3) is 4.61. The van der Waals surface area contributed by atoms with Crippen LogP contribution in [0.5, 0.6) is 0 Å². The Balaban J connectivity index is 2.34. The van der Waals surface area contributed by atoms with Gasteiger partial charge in [-0.05, 0) is 73.0 Å². The Bertz CT molecular complexity index is 818. The van der Waals surface area contributed by atoms with Crippen molar-refractivity contribution >= 4 is 35.3 Å². The second-order valence-corrected chi connectivity index (χ2v) is 5.90. The molecule has 6 heteroatoms. The molecule has 0 saturated carbocycles. The van der Waals surface area contributed by atoms with Crippen LogP contribution in [0.2, 0.25) is 5.02 Å². The minimum Gasteiger partial charge on any atom is -0.463 e. The summed E-state index contributed by atoms with van der Waals surface area (Å²) in [6.07, 6.45) is 1.44. The van der Waals surface area contributed by atoms with Crippen LogP contribution in [-0.2, 0) is 14.3 Å². The van der Waals surface area contributed by atoms with Crippen LogP contribution in [-0.4, -0.2) is 19.0 Å². The van der Waals surface area contributed by atoms with E-state index in [-0.39, 0.29) is 11.3 Å². The maximum atomic E-state index is 12.2. The highest BCUT2D eigenvalue weighted by Gasteiger charge is 2.18. The van der Waals surface area contributed by atoms with E-state index in [1.807, 2.05) is 13.8 Å². The highest BCUT2D eigenvalue weighted by Crippen LogP contribution is 2.21. The maximum absolute atomic E-state index is 12.2. The van der Waals surface area contributed by atoms with Crippen LogP contribution in [0, 0.1) is 13.8 Å². The summed E-state index contributed by atoms with van der Waals surface area (Å²) in [7, 11) is 1.21. The van der Waals surface area contributed by atoms with E-state index in [1.54, 1.807) is 24.3 Å². The fourth-order valence-electron chi connectivity index (χ4n) is 2.22. The quantitative estimate of drug-likeness (QED) is 0.387. The normalized spacial score (nSPS) is 11.1. The number of benzene rings is 2. The highest BCUT2D eigenvalue weighted by molar-refractivity contribution is 6.30. The molecule has 0 atom stereocenters. The molecule has 0 amide bonds. The first kappa shape index (κ1) is 18.5. The molecule has 25 heavy (non-hydrogen) atoms. The van der Waals surface area contributed by atoms with Crippen LogP contribution >= 0.6 is 11.6 Å². The molecule has 0 radical (unpaired) electrons. The third-order valence-electron chi connectivity index (χ3n) is 3.58. The van der Waals surface area contributed by atoms with Gasteiger partial charge in [0.1, 0.15) is 0 Å². The monoisotopic (exact) mass is 359 g/mol. The summed E-state index contributed by atoms with van der Waals surface area (Å²) in [5, 5.41) is 0.494. The summed E-state index contributed by atoms with van der Waals surface area (Å²) in [5.41, 5.74) is 9.27. The average Bonchev–Trinajstić information content (AvgIpc) is 2.58. The van der Waals surface area contributed by atoms with Gasteiger partial charge in [-0.1, -0.05) is 11.6 Å². The maximum Gasteiger partial charge on any atom is 0.374 e. The number of hydrogen-bond acceptors (Lipinski definition) is 5. The molecule has 0 fully saturated rings. The van der Waals surface area contributed by atoms with Crippen molar-refractivity contribution in [3.63, 3.8) is 0 Å². The minimum atomic E-state index is -0.755. The van der Waals surface area contributed by atoms with Gasteiger partial charge in [0.15, 0.2) is 0 Å². The summed E-state index contributed by atoms with van der Waals surface area (Å²) >= 11 is 5.80. The molecule has 2 aromatic carbocycles. The van der Waals surface area contributed by atoms with Gasteiger partial charge in [-0.15, -0.1) is 0 Å². The Morgan fingerprint density at radius 3 is 2.16 bits per heavy atom. The van der Waals surface area contributed by atoms with Crippen LogP contribution in [0.1, 0.15) is 27.0 Å². The van der Waals surface area contributed by atoms with Crippen molar-refractivity contribution in [2.45, 2.75) is 13.8 Å². The van der Waals surface area contributed by atoms with Crippen LogP contribution in [0.15, 0.2) is 42.2 Å². The van der Waals surface area contributed by atoms with Gasteiger partial charge >= 0.3 is 11.9 Å². The number of methoxy groups -OCH3 is 1. The molecule has 0 aliphatic carbocycles. The lowest BCUT2D eigenvalue weighted by molar-refractivity contribution is -0.139. The summed E-state index contributed by atoms with van der Waals surface area (Å²) in [5.74, 6) is -1.65. The van der Waals surface area contributed by atoms with E-state index in [4.69, 9.17) is 26.8 Å². The number of hydrogen-bond donors (Lipinski definition) is 1. The highest BCUT2D eigenvalue weighted by atomic mass is 35.5. The molecule has 0 spiro atoms. The van der Waals surface area contributed by atoms with Crippen molar-refractivity contribution in [2.75, 3.05) is 12.8 Å². The van der Waals surface area contributed by atoms with Crippen molar-refractivity contribution in [2.24, 2.45) is 0 Å². The lowest BCUT2D eigenvalue weighted by atomic mass is 10.0. The van der Waals surface area contributed by atoms with Crippen molar-refractivity contribution < 1.29 is 19.1 Å². The molecular weight excluding hydrogens is 342 g/mol. The number of rotatable bonds is 4. The summed E-state index contributed by atoms with van der Waals surface area (Å²) in [6.45, 7) is 3.72. The van der Waals surface area contributed by atoms with Gasteiger partial charge in [-0.2, -0.15) is 0 Å². The molecular formula is C19H18ClNO4. The largest absolute Gasteiger partial charge is 0.463 e. The predicted molar refractivity (Wildman–Crippen MR) is 97.2 cm³/mol. The second-order valence-electron chi connectivity index (χ2n) is 5.46. The van der Waals surface area contributed by atoms with Gasteiger partial charge in [-0.3, -0.25) is 0 Å². The van der Waals surface area contributed by atoms with Gasteiger partial charge in [0, 0.05) is 10.7 Å². The molecule has 0 bridgehead atoms. The molecule has 2 N–H and O–H groups in total. The first-order valence-corrected chi connectivity index (χ1v) is 7.84. The zero-order chi connectivity index (χ0) is 18.6. The van der Waals surface area contributed by atoms with E-state index in [0.717, 1.165) is 11.1 Å². The first-order valence-electron chi connectivity index (χ1n) is 7.46. The summed E-state index contributed by atoms with van der Waals surface area (Å²) in [6, 6.07) is 9.73. The van der Waals surface area contributed by atoms with E-state index in [1.165, 1.54) is 25.3 Å². The summed E-state index contributed by atoms with van der Waals surface area (Å²) < 4.78 is 9.91. The smallest absolute Gasteiger partial charge is 0.374 e. The van der Waals surface area contributed by atoms with Crippen LogP contribution in [0.4, 0.5) is 5.69 Å². The molecule has 2 aromatic rings. The van der Waals surface area contributed by atoms with Crippen LogP contribution < -0.4 is 5.73 Å². The first-order chi connectivity index (χ1) is 11.8. The van der Waals surface area contributed by atoms with Gasteiger partial charge < -0.3 is 15.2 Å². The summed E-state index contributed by atoms with van der Waals surface area (Å²) in [4.78, 5) is 24.2. The zero-order valence-electron chi connectivity index (χ0n) is 14.1. The number of nitrogens with two attached hydrogens (primary N) is 1. The molecule has 0 aliphatic heterocycles. The Morgan fingerprint density at radius 1 is 1.08 bits per heavy atom. The standard InChI is InChI=1S/C19H18ClNO4/c1-11-8-13(9-12(2)17(11)21)10-16(19(23)24-3)25-18(22)14-4-6-15(20)7-5-14/h4-10H,21H2,1-3H3/b16-10-. The van der Waals surface area contributed by atoms with E-state index < -0.39 is 11.9 Å². The fourth-order valence-corrected chi connectivity index (χ4v) is 2.34. The fraction of sp³-hybridized carbons (Fsp3) is 0.158. The number of esters is 2. The zero-order valence-corrected chi connectivity index (χ0v) is 14.9. The number of anilines is 1. The molecule has 0 aliphatic rings. The minimum absolute atomic E-state index is 0.217. The van der Waals surface area contributed by atoms with E-state index in [2.05, 4.69) is 0 Å². The van der Waals surface area contributed by atoms with Crippen molar-refractivity contribution in [1.29, 1.82) is 0 Å². The molecule has 130 valence electrons. The van der Waals surface area contributed by atoms with Gasteiger partial charge in [0.2, 0.25) is 5.76 Å². The number of halogens is 1. The molecule has 0 heterocycles. The molecule has 0 saturated heterocycles.